The van der Waals surface area contributed by atoms with Crippen LogP contribution in [0.25, 0.3) is 11.1 Å². The molecule has 3 aromatic rings. The first-order valence-electron chi connectivity index (χ1n) is 7.71. The Morgan fingerprint density at radius 3 is 2.61 bits per heavy atom. The highest BCUT2D eigenvalue weighted by Crippen LogP contribution is 2.28. The maximum Gasteiger partial charge on any atom is 0.212 e. The van der Waals surface area contributed by atoms with E-state index in [0.717, 1.165) is 29.8 Å². The van der Waals surface area contributed by atoms with Crippen molar-refractivity contribution >= 4 is 0 Å². The van der Waals surface area contributed by atoms with Crippen molar-refractivity contribution < 1.29 is 4.74 Å². The molecule has 0 saturated carbocycles. The number of H-pyrrole nitrogens is 1. The minimum atomic E-state index is 0.160. The Labute approximate surface area is 134 Å². The number of fused-ring (bicyclic) bond motifs is 1. The van der Waals surface area contributed by atoms with Gasteiger partial charge in [-0.05, 0) is 17.2 Å². The highest BCUT2D eigenvalue weighted by atomic mass is 16.5. The van der Waals surface area contributed by atoms with Gasteiger partial charge in [0.1, 0.15) is 0 Å². The predicted molar refractivity (Wildman–Crippen MR) is 88.4 cm³/mol. The van der Waals surface area contributed by atoms with Crippen molar-refractivity contribution in [1.82, 2.24) is 20.3 Å². The van der Waals surface area contributed by atoms with E-state index in [4.69, 9.17) is 4.74 Å². The Bertz CT molecular complexity index is 793. The van der Waals surface area contributed by atoms with Crippen LogP contribution in [0.5, 0.6) is 5.88 Å². The van der Waals surface area contributed by atoms with Crippen LogP contribution in [0.2, 0.25) is 0 Å². The van der Waals surface area contributed by atoms with Crippen LogP contribution in [0.3, 0.4) is 0 Å². The third kappa shape index (κ3) is 2.59. The van der Waals surface area contributed by atoms with Crippen molar-refractivity contribution in [3.63, 3.8) is 0 Å². The second-order valence-corrected chi connectivity index (χ2v) is 5.61. The average Bonchev–Trinajstić information content (AvgIpc) is 3.11. The van der Waals surface area contributed by atoms with Crippen molar-refractivity contribution in [1.29, 1.82) is 0 Å². The summed E-state index contributed by atoms with van der Waals surface area (Å²) < 4.78 is 5.10. The van der Waals surface area contributed by atoms with Crippen LogP contribution in [-0.2, 0) is 6.42 Å². The summed E-state index contributed by atoms with van der Waals surface area (Å²) in [6, 6.07) is 12.6. The number of ether oxygens (including phenoxy) is 1. The van der Waals surface area contributed by atoms with Gasteiger partial charge in [-0.25, -0.2) is 9.97 Å². The van der Waals surface area contributed by atoms with Gasteiger partial charge in [-0.3, -0.25) is 0 Å². The van der Waals surface area contributed by atoms with Gasteiger partial charge in [0.05, 0.1) is 25.2 Å². The van der Waals surface area contributed by atoms with Gasteiger partial charge in [-0.1, -0.05) is 24.3 Å². The number of imidazole rings is 1. The maximum absolute atomic E-state index is 5.10. The molecule has 116 valence electrons. The molecule has 5 heteroatoms. The molecule has 5 nitrogen and oxygen atoms in total. The van der Waals surface area contributed by atoms with Gasteiger partial charge >= 0.3 is 0 Å². The van der Waals surface area contributed by atoms with Gasteiger partial charge in [0.2, 0.25) is 5.88 Å². The SMILES string of the molecule is COc1ccc(-c2ccc(C3NCCc4[nH]cnc43)cc2)cn1. The van der Waals surface area contributed by atoms with Crippen LogP contribution in [0.4, 0.5) is 0 Å². The molecule has 1 aliphatic rings. The van der Waals surface area contributed by atoms with Crippen molar-refractivity contribution in [2.24, 2.45) is 0 Å². The summed E-state index contributed by atoms with van der Waals surface area (Å²) in [5.74, 6) is 0.628. The highest BCUT2D eigenvalue weighted by Gasteiger charge is 2.23. The minimum Gasteiger partial charge on any atom is -0.481 e. The van der Waals surface area contributed by atoms with Gasteiger partial charge in [0, 0.05) is 36.5 Å². The van der Waals surface area contributed by atoms with E-state index >= 15 is 0 Å². The number of hydrogen-bond acceptors (Lipinski definition) is 4. The fourth-order valence-corrected chi connectivity index (χ4v) is 3.03. The Hall–Kier alpha value is -2.66. The summed E-state index contributed by atoms with van der Waals surface area (Å²) in [7, 11) is 1.62. The van der Waals surface area contributed by atoms with E-state index in [0.29, 0.717) is 5.88 Å². The van der Waals surface area contributed by atoms with E-state index in [1.165, 1.54) is 11.3 Å². The quantitative estimate of drug-likeness (QED) is 0.781. The fourth-order valence-electron chi connectivity index (χ4n) is 3.03. The van der Waals surface area contributed by atoms with E-state index in [-0.39, 0.29) is 6.04 Å². The van der Waals surface area contributed by atoms with Crippen molar-refractivity contribution in [3.8, 4) is 17.0 Å². The first-order chi connectivity index (χ1) is 11.3. The number of benzene rings is 1. The summed E-state index contributed by atoms with van der Waals surface area (Å²) in [4.78, 5) is 12.0. The topological polar surface area (TPSA) is 62.8 Å². The molecular weight excluding hydrogens is 288 g/mol. The third-order valence-electron chi connectivity index (χ3n) is 4.27. The second-order valence-electron chi connectivity index (χ2n) is 5.61. The van der Waals surface area contributed by atoms with Gasteiger partial charge in [-0.2, -0.15) is 0 Å². The molecule has 1 aromatic carbocycles. The Morgan fingerprint density at radius 2 is 1.87 bits per heavy atom. The monoisotopic (exact) mass is 306 g/mol. The Kier molecular flexibility index (Phi) is 3.55. The van der Waals surface area contributed by atoms with Gasteiger partial charge in [0.15, 0.2) is 0 Å². The number of nitrogens with zero attached hydrogens (tertiary/aromatic N) is 2. The van der Waals surface area contributed by atoms with Crippen LogP contribution in [0.1, 0.15) is 23.0 Å². The highest BCUT2D eigenvalue weighted by molar-refractivity contribution is 5.63. The Morgan fingerprint density at radius 1 is 1.04 bits per heavy atom. The van der Waals surface area contributed by atoms with Crippen molar-refractivity contribution in [3.05, 3.63) is 65.9 Å². The molecule has 0 saturated heterocycles. The molecule has 0 amide bonds. The predicted octanol–water partition coefficient (Wildman–Crippen LogP) is 2.72. The number of aromatic amines is 1. The van der Waals surface area contributed by atoms with E-state index in [9.17, 15) is 0 Å². The second kappa shape index (κ2) is 5.85. The first-order valence-corrected chi connectivity index (χ1v) is 7.71. The lowest BCUT2D eigenvalue weighted by Crippen LogP contribution is -2.30. The molecule has 0 spiro atoms. The molecule has 0 radical (unpaired) electrons. The van der Waals surface area contributed by atoms with Crippen LogP contribution in [0, 0.1) is 0 Å². The lowest BCUT2D eigenvalue weighted by atomic mass is 9.96. The Balaban J connectivity index is 1.61. The zero-order valence-electron chi connectivity index (χ0n) is 12.9. The van der Waals surface area contributed by atoms with Gasteiger partial charge in [-0.15, -0.1) is 0 Å². The molecular formula is C18H18N4O. The summed E-state index contributed by atoms with van der Waals surface area (Å²) >= 11 is 0. The summed E-state index contributed by atoms with van der Waals surface area (Å²) in [6.07, 6.45) is 4.61. The number of pyridine rings is 1. The van der Waals surface area contributed by atoms with Crippen LogP contribution in [0.15, 0.2) is 48.9 Å². The normalized spacial score (nSPS) is 16.8. The fraction of sp³-hybridized carbons (Fsp3) is 0.222. The number of aromatic nitrogens is 3. The van der Waals surface area contributed by atoms with E-state index in [1.807, 2.05) is 18.3 Å². The van der Waals surface area contributed by atoms with Crippen LogP contribution < -0.4 is 10.1 Å². The average molecular weight is 306 g/mol. The standard InChI is InChI=1S/C18H18N4O/c1-23-16-7-6-14(10-20-16)12-2-4-13(5-3-12)17-18-15(8-9-19-17)21-11-22-18/h2-7,10-11,17,19H,8-9H2,1H3,(H,21,22). The maximum atomic E-state index is 5.10. The number of rotatable bonds is 3. The summed E-state index contributed by atoms with van der Waals surface area (Å²) in [6.45, 7) is 0.962. The summed E-state index contributed by atoms with van der Waals surface area (Å²) in [5, 5.41) is 3.54. The molecule has 3 heterocycles. The lowest BCUT2D eigenvalue weighted by Gasteiger charge is -2.23. The number of nitrogens with one attached hydrogen (secondary N) is 2. The molecule has 1 atom stereocenters. The molecule has 1 aliphatic heterocycles. The largest absolute Gasteiger partial charge is 0.481 e. The molecule has 23 heavy (non-hydrogen) atoms. The molecule has 0 bridgehead atoms. The van der Waals surface area contributed by atoms with Crippen LogP contribution >= 0.6 is 0 Å². The van der Waals surface area contributed by atoms with Gasteiger partial charge in [0.25, 0.3) is 0 Å². The molecule has 4 rings (SSSR count). The lowest BCUT2D eigenvalue weighted by molar-refractivity contribution is 0.398. The number of hydrogen-bond donors (Lipinski definition) is 2. The minimum absolute atomic E-state index is 0.160. The zero-order valence-corrected chi connectivity index (χ0v) is 12.9. The molecule has 2 aromatic heterocycles. The first kappa shape index (κ1) is 14.0. The van der Waals surface area contributed by atoms with Gasteiger partial charge < -0.3 is 15.0 Å². The van der Waals surface area contributed by atoms with E-state index in [1.54, 1.807) is 13.4 Å². The van der Waals surface area contributed by atoms with Crippen molar-refractivity contribution in [2.75, 3.05) is 13.7 Å². The van der Waals surface area contributed by atoms with E-state index < -0.39 is 0 Å². The molecule has 2 N–H and O–H groups in total. The molecule has 0 fully saturated rings. The summed E-state index contributed by atoms with van der Waals surface area (Å²) in [5.41, 5.74) is 5.78. The third-order valence-corrected chi connectivity index (χ3v) is 4.27. The van der Waals surface area contributed by atoms with E-state index in [2.05, 4.69) is 44.5 Å². The molecule has 1 unspecified atom stereocenters. The molecule has 0 aliphatic carbocycles. The van der Waals surface area contributed by atoms with Crippen LogP contribution in [-0.4, -0.2) is 28.6 Å². The number of methoxy groups -OCH3 is 1. The zero-order chi connectivity index (χ0) is 15.6. The smallest absolute Gasteiger partial charge is 0.212 e. The van der Waals surface area contributed by atoms with Crippen molar-refractivity contribution in [2.45, 2.75) is 12.5 Å².